The first kappa shape index (κ1) is 19.4. The van der Waals surface area contributed by atoms with E-state index in [4.69, 9.17) is 4.42 Å². The standard InChI is InChI=1S/C24H20N4O2S/c1-2-15-10-6-11-17-18(14-26-20(15)17)21(29)22(16-8-4-3-5-9-16)31-24-28-27-23(30-24)19-12-7-13-25-19/h3-14,22,25-26H,2H2,1H3/t22-/m0/s1. The number of hydrogen-bond acceptors (Lipinski definition) is 5. The zero-order valence-electron chi connectivity index (χ0n) is 16.8. The van der Waals surface area contributed by atoms with Gasteiger partial charge in [0, 0.05) is 28.9 Å². The number of H-pyrrole nitrogens is 2. The van der Waals surface area contributed by atoms with Gasteiger partial charge < -0.3 is 14.4 Å². The van der Waals surface area contributed by atoms with Crippen molar-refractivity contribution in [2.45, 2.75) is 23.8 Å². The summed E-state index contributed by atoms with van der Waals surface area (Å²) in [6, 6.07) is 19.5. The molecular formula is C24H20N4O2S. The lowest BCUT2D eigenvalue weighted by molar-refractivity contribution is 0.0990. The van der Waals surface area contributed by atoms with Gasteiger partial charge in [-0.3, -0.25) is 4.79 Å². The van der Waals surface area contributed by atoms with Crippen molar-refractivity contribution in [2.24, 2.45) is 0 Å². The van der Waals surface area contributed by atoms with E-state index in [2.05, 4.69) is 33.2 Å². The Bertz CT molecular complexity index is 1320. The zero-order valence-corrected chi connectivity index (χ0v) is 17.6. The van der Waals surface area contributed by atoms with Crippen LogP contribution >= 0.6 is 11.8 Å². The molecule has 0 aliphatic rings. The second kappa shape index (κ2) is 8.28. The van der Waals surface area contributed by atoms with Gasteiger partial charge in [0.25, 0.3) is 11.1 Å². The number of carbonyl (C=O) groups excluding carboxylic acids is 1. The van der Waals surface area contributed by atoms with Gasteiger partial charge in [0.2, 0.25) is 0 Å². The van der Waals surface area contributed by atoms with E-state index in [0.29, 0.717) is 16.7 Å². The van der Waals surface area contributed by atoms with Gasteiger partial charge in [-0.1, -0.05) is 55.5 Å². The Kier molecular flexibility index (Phi) is 5.18. The summed E-state index contributed by atoms with van der Waals surface area (Å²) in [5.41, 5.74) is 4.49. The molecule has 2 aromatic carbocycles. The smallest absolute Gasteiger partial charge is 0.277 e. The van der Waals surface area contributed by atoms with Crippen LogP contribution in [0.1, 0.15) is 33.7 Å². The fourth-order valence-corrected chi connectivity index (χ4v) is 4.63. The number of fused-ring (bicyclic) bond motifs is 1. The minimum absolute atomic E-state index is 0.00433. The fraction of sp³-hybridized carbons (Fsp3) is 0.125. The molecule has 154 valence electrons. The van der Waals surface area contributed by atoms with Gasteiger partial charge in [0.15, 0.2) is 5.78 Å². The molecule has 5 aromatic rings. The third-order valence-corrected chi connectivity index (χ3v) is 6.33. The molecule has 0 fully saturated rings. The number of benzene rings is 2. The Balaban J connectivity index is 1.52. The van der Waals surface area contributed by atoms with Gasteiger partial charge in [-0.05, 0) is 41.4 Å². The van der Waals surface area contributed by atoms with Crippen LogP contribution in [-0.4, -0.2) is 25.9 Å². The van der Waals surface area contributed by atoms with Gasteiger partial charge in [-0.25, -0.2) is 0 Å². The number of hydrogen-bond donors (Lipinski definition) is 2. The van der Waals surface area contributed by atoms with Crippen molar-refractivity contribution in [2.75, 3.05) is 0 Å². The molecule has 0 unspecified atom stereocenters. The molecule has 6 nitrogen and oxygen atoms in total. The number of para-hydroxylation sites is 1. The van der Waals surface area contributed by atoms with Gasteiger partial charge in [-0.2, -0.15) is 0 Å². The number of aryl methyl sites for hydroxylation is 1. The Morgan fingerprint density at radius 1 is 1.03 bits per heavy atom. The van der Waals surface area contributed by atoms with Crippen LogP contribution in [0.4, 0.5) is 0 Å². The number of Topliss-reactive ketones (excluding diaryl/α,β-unsaturated/α-hetero) is 1. The number of rotatable bonds is 7. The lowest BCUT2D eigenvalue weighted by Gasteiger charge is -2.13. The summed E-state index contributed by atoms with van der Waals surface area (Å²) in [6.07, 6.45) is 4.50. The molecule has 0 aliphatic carbocycles. The number of carbonyl (C=O) groups is 1. The number of aromatic nitrogens is 4. The molecule has 0 spiro atoms. The SMILES string of the molecule is CCc1cccc2c(C(=O)[C@@H](Sc3nnc(-c4ccc[nH]4)o3)c3ccccc3)c[nH]c12. The van der Waals surface area contributed by atoms with Crippen LogP contribution in [0, 0.1) is 0 Å². The molecule has 3 heterocycles. The molecule has 0 bridgehead atoms. The number of nitrogens with zero attached hydrogens (tertiary/aromatic N) is 2. The minimum Gasteiger partial charge on any atom is -0.410 e. The Morgan fingerprint density at radius 2 is 1.90 bits per heavy atom. The van der Waals surface area contributed by atoms with Crippen LogP contribution in [0.25, 0.3) is 22.5 Å². The fourth-order valence-electron chi connectivity index (χ4n) is 3.69. The summed E-state index contributed by atoms with van der Waals surface area (Å²) in [4.78, 5) is 20.1. The summed E-state index contributed by atoms with van der Waals surface area (Å²) in [5.74, 6) is 0.391. The molecule has 0 radical (unpaired) electrons. The summed E-state index contributed by atoms with van der Waals surface area (Å²) >= 11 is 1.27. The van der Waals surface area contributed by atoms with Crippen molar-refractivity contribution in [3.63, 3.8) is 0 Å². The summed E-state index contributed by atoms with van der Waals surface area (Å²) < 4.78 is 5.82. The number of nitrogens with one attached hydrogen (secondary N) is 2. The highest BCUT2D eigenvalue weighted by molar-refractivity contribution is 8.00. The first-order chi connectivity index (χ1) is 15.2. The van der Waals surface area contributed by atoms with Crippen molar-refractivity contribution in [1.29, 1.82) is 0 Å². The molecule has 2 N–H and O–H groups in total. The van der Waals surface area contributed by atoms with Crippen LogP contribution < -0.4 is 0 Å². The Labute approximate surface area is 183 Å². The lowest BCUT2D eigenvalue weighted by Crippen LogP contribution is -2.09. The van der Waals surface area contributed by atoms with Crippen LogP contribution in [0.3, 0.4) is 0 Å². The van der Waals surface area contributed by atoms with Crippen molar-refractivity contribution in [3.8, 4) is 11.6 Å². The minimum atomic E-state index is -0.512. The van der Waals surface area contributed by atoms with Crippen LogP contribution in [0.5, 0.6) is 0 Å². The molecule has 0 amide bonds. The van der Waals surface area contributed by atoms with E-state index in [1.807, 2.05) is 54.6 Å². The maximum absolute atomic E-state index is 13.7. The van der Waals surface area contributed by atoms with Crippen molar-refractivity contribution in [1.82, 2.24) is 20.2 Å². The summed E-state index contributed by atoms with van der Waals surface area (Å²) in [7, 11) is 0. The number of thioether (sulfide) groups is 1. The van der Waals surface area contributed by atoms with E-state index in [1.54, 1.807) is 12.4 Å². The molecular weight excluding hydrogens is 408 g/mol. The van der Waals surface area contributed by atoms with Gasteiger partial charge >= 0.3 is 0 Å². The molecule has 5 rings (SSSR count). The van der Waals surface area contributed by atoms with Crippen molar-refractivity contribution in [3.05, 3.63) is 89.7 Å². The van der Waals surface area contributed by atoms with Crippen LogP contribution in [-0.2, 0) is 6.42 Å². The first-order valence-corrected chi connectivity index (χ1v) is 10.9. The average Bonchev–Trinajstić information content (AvgIpc) is 3.57. The molecule has 31 heavy (non-hydrogen) atoms. The molecule has 3 aromatic heterocycles. The monoisotopic (exact) mass is 428 g/mol. The Hall–Kier alpha value is -3.58. The lowest BCUT2D eigenvalue weighted by atomic mass is 10.0. The van der Waals surface area contributed by atoms with Crippen LogP contribution in [0.15, 0.2) is 82.7 Å². The third-order valence-electron chi connectivity index (χ3n) is 5.24. The first-order valence-electron chi connectivity index (χ1n) is 10.1. The van der Waals surface area contributed by atoms with Gasteiger partial charge in [0.1, 0.15) is 10.9 Å². The van der Waals surface area contributed by atoms with Crippen molar-refractivity contribution >= 4 is 28.4 Å². The quantitative estimate of drug-likeness (QED) is 0.252. The zero-order chi connectivity index (χ0) is 21.2. The maximum Gasteiger partial charge on any atom is 0.277 e. The maximum atomic E-state index is 13.7. The van der Waals surface area contributed by atoms with E-state index >= 15 is 0 Å². The second-order valence-corrected chi connectivity index (χ2v) is 8.18. The highest BCUT2D eigenvalue weighted by atomic mass is 32.2. The van der Waals surface area contributed by atoms with E-state index in [0.717, 1.165) is 28.6 Å². The van der Waals surface area contributed by atoms with Gasteiger partial charge in [-0.15, -0.1) is 10.2 Å². The molecule has 0 saturated carbocycles. The second-order valence-electron chi connectivity index (χ2n) is 7.13. The molecule has 0 aliphatic heterocycles. The highest BCUT2D eigenvalue weighted by Crippen LogP contribution is 2.39. The Morgan fingerprint density at radius 3 is 2.68 bits per heavy atom. The molecule has 7 heteroatoms. The molecule has 0 saturated heterocycles. The van der Waals surface area contributed by atoms with E-state index in [-0.39, 0.29) is 5.78 Å². The molecule has 1 atom stereocenters. The van der Waals surface area contributed by atoms with Crippen LogP contribution in [0.2, 0.25) is 0 Å². The normalized spacial score (nSPS) is 12.3. The summed E-state index contributed by atoms with van der Waals surface area (Å²) in [6.45, 7) is 2.11. The number of ketones is 1. The largest absolute Gasteiger partial charge is 0.410 e. The summed E-state index contributed by atoms with van der Waals surface area (Å²) in [5, 5.41) is 9.04. The highest BCUT2D eigenvalue weighted by Gasteiger charge is 2.28. The third kappa shape index (κ3) is 3.68. The predicted molar refractivity (Wildman–Crippen MR) is 121 cm³/mol. The van der Waals surface area contributed by atoms with Crippen molar-refractivity contribution < 1.29 is 9.21 Å². The van der Waals surface area contributed by atoms with E-state index in [9.17, 15) is 4.79 Å². The predicted octanol–water partition coefficient (Wildman–Crippen LogP) is 5.82. The van der Waals surface area contributed by atoms with Gasteiger partial charge in [0.05, 0.1) is 0 Å². The number of aromatic amines is 2. The van der Waals surface area contributed by atoms with E-state index < -0.39 is 5.25 Å². The topological polar surface area (TPSA) is 87.6 Å². The average molecular weight is 429 g/mol. The van der Waals surface area contributed by atoms with E-state index in [1.165, 1.54) is 17.3 Å².